The highest BCUT2D eigenvalue weighted by Crippen LogP contribution is 2.31. The van der Waals surface area contributed by atoms with Gasteiger partial charge in [-0.25, -0.2) is 9.97 Å². The van der Waals surface area contributed by atoms with Gasteiger partial charge in [0.15, 0.2) is 11.5 Å². The van der Waals surface area contributed by atoms with Gasteiger partial charge in [0.2, 0.25) is 11.6 Å². The van der Waals surface area contributed by atoms with Crippen LogP contribution in [0.25, 0.3) is 0 Å². The minimum Gasteiger partial charge on any atom is -0.493 e. The van der Waals surface area contributed by atoms with E-state index in [0.29, 0.717) is 30.2 Å². The van der Waals surface area contributed by atoms with E-state index in [0.717, 1.165) is 5.56 Å². The van der Waals surface area contributed by atoms with Gasteiger partial charge in [0, 0.05) is 24.6 Å². The van der Waals surface area contributed by atoms with Crippen LogP contribution in [0.2, 0.25) is 0 Å². The van der Waals surface area contributed by atoms with Gasteiger partial charge in [-0.2, -0.15) is 0 Å². The number of hydrogen-bond donors (Lipinski definition) is 2. The van der Waals surface area contributed by atoms with E-state index >= 15 is 0 Å². The van der Waals surface area contributed by atoms with Gasteiger partial charge in [-0.15, -0.1) is 0 Å². The Morgan fingerprint density at radius 1 is 1.03 bits per heavy atom. The maximum Gasteiger partial charge on any atom is 0.353 e. The summed E-state index contributed by atoms with van der Waals surface area (Å²) in [4.78, 5) is 23.1. The smallest absolute Gasteiger partial charge is 0.353 e. The molecule has 3 aromatic rings. The molecule has 1 aromatic carbocycles. The lowest BCUT2D eigenvalue weighted by molar-refractivity contribution is -0.383. The second-order valence-electron chi connectivity index (χ2n) is 5.90. The number of ether oxygens (including phenoxy) is 2. The van der Waals surface area contributed by atoms with Crippen molar-refractivity contribution in [2.75, 3.05) is 31.4 Å². The number of nitrogens with one attached hydrogen (secondary N) is 2. The molecular formula is C19H20N6O4. The second kappa shape index (κ2) is 9.31. The summed E-state index contributed by atoms with van der Waals surface area (Å²) in [7, 11) is 3.15. The molecule has 0 fully saturated rings. The summed E-state index contributed by atoms with van der Waals surface area (Å²) < 4.78 is 10.5. The minimum atomic E-state index is -0.512. The van der Waals surface area contributed by atoms with Crippen molar-refractivity contribution < 1.29 is 14.4 Å². The zero-order valence-electron chi connectivity index (χ0n) is 16.0. The van der Waals surface area contributed by atoms with Crippen LogP contribution < -0.4 is 20.1 Å². The van der Waals surface area contributed by atoms with E-state index < -0.39 is 4.92 Å². The van der Waals surface area contributed by atoms with Gasteiger partial charge in [0.25, 0.3) is 0 Å². The standard InChI is InChI=1S/C19H20N6O4/c1-28-15-4-3-13(11-16(15)29-2)5-10-21-18-17(25(26)27)19(23-12-22-18)24-14-6-8-20-9-7-14/h3-4,6-9,11-12H,5,10H2,1-2H3,(H2,20,21,22,23,24). The van der Waals surface area contributed by atoms with Crippen LogP contribution in [0.4, 0.5) is 23.0 Å². The average Bonchev–Trinajstić information content (AvgIpc) is 2.74. The Kier molecular flexibility index (Phi) is 6.36. The minimum absolute atomic E-state index is 0.102. The van der Waals surface area contributed by atoms with Crippen LogP contribution in [0.5, 0.6) is 11.5 Å². The molecule has 2 aromatic heterocycles. The summed E-state index contributed by atoms with van der Waals surface area (Å²) in [5, 5.41) is 17.6. The Morgan fingerprint density at radius 2 is 1.76 bits per heavy atom. The van der Waals surface area contributed by atoms with Crippen LogP contribution in [0, 0.1) is 10.1 Å². The van der Waals surface area contributed by atoms with Crippen LogP contribution in [0.1, 0.15) is 5.56 Å². The number of methoxy groups -OCH3 is 2. The van der Waals surface area contributed by atoms with Crippen LogP contribution >= 0.6 is 0 Å². The van der Waals surface area contributed by atoms with Crippen molar-refractivity contribution in [2.24, 2.45) is 0 Å². The molecule has 0 spiro atoms. The number of pyridine rings is 1. The number of rotatable bonds is 9. The fourth-order valence-electron chi connectivity index (χ4n) is 2.71. The van der Waals surface area contributed by atoms with E-state index in [1.54, 1.807) is 38.7 Å². The van der Waals surface area contributed by atoms with Crippen LogP contribution in [0.3, 0.4) is 0 Å². The van der Waals surface area contributed by atoms with E-state index in [2.05, 4.69) is 25.6 Å². The first kappa shape index (κ1) is 19.8. The van der Waals surface area contributed by atoms with Crippen molar-refractivity contribution in [1.29, 1.82) is 0 Å². The number of aromatic nitrogens is 3. The first-order chi connectivity index (χ1) is 14.1. The number of benzene rings is 1. The topological polar surface area (TPSA) is 124 Å². The molecule has 0 aliphatic carbocycles. The highest BCUT2D eigenvalue weighted by Gasteiger charge is 2.23. The Balaban J connectivity index is 1.74. The second-order valence-corrected chi connectivity index (χ2v) is 5.90. The highest BCUT2D eigenvalue weighted by molar-refractivity contribution is 5.73. The van der Waals surface area contributed by atoms with E-state index in [1.165, 1.54) is 6.33 Å². The van der Waals surface area contributed by atoms with Gasteiger partial charge in [0.1, 0.15) is 6.33 Å². The molecule has 0 aliphatic rings. The molecule has 0 atom stereocenters. The lowest BCUT2D eigenvalue weighted by Gasteiger charge is -2.11. The maximum atomic E-state index is 11.6. The van der Waals surface area contributed by atoms with Crippen LogP contribution in [-0.4, -0.2) is 40.6 Å². The number of hydrogen-bond acceptors (Lipinski definition) is 9. The normalized spacial score (nSPS) is 10.3. The molecule has 0 saturated heterocycles. The fraction of sp³-hybridized carbons (Fsp3) is 0.211. The number of nitro groups is 1. The molecule has 10 nitrogen and oxygen atoms in total. The van der Waals surface area contributed by atoms with Crippen molar-refractivity contribution in [1.82, 2.24) is 15.0 Å². The first-order valence-electron chi connectivity index (χ1n) is 8.73. The van der Waals surface area contributed by atoms with E-state index in [4.69, 9.17) is 9.47 Å². The monoisotopic (exact) mass is 396 g/mol. The third kappa shape index (κ3) is 4.86. The number of anilines is 3. The van der Waals surface area contributed by atoms with Gasteiger partial charge in [0.05, 0.1) is 19.1 Å². The fourth-order valence-corrected chi connectivity index (χ4v) is 2.71. The molecule has 2 heterocycles. The first-order valence-corrected chi connectivity index (χ1v) is 8.73. The molecule has 2 N–H and O–H groups in total. The van der Waals surface area contributed by atoms with Crippen molar-refractivity contribution in [3.8, 4) is 11.5 Å². The third-order valence-corrected chi connectivity index (χ3v) is 4.10. The zero-order valence-corrected chi connectivity index (χ0v) is 16.0. The predicted octanol–water partition coefficient (Wildman–Crippen LogP) is 3.20. The zero-order chi connectivity index (χ0) is 20.6. The quantitative estimate of drug-likeness (QED) is 0.414. The molecular weight excluding hydrogens is 376 g/mol. The molecule has 3 rings (SSSR count). The highest BCUT2D eigenvalue weighted by atomic mass is 16.6. The van der Waals surface area contributed by atoms with Crippen LogP contribution in [-0.2, 0) is 6.42 Å². The average molecular weight is 396 g/mol. The van der Waals surface area contributed by atoms with Crippen molar-refractivity contribution in [2.45, 2.75) is 6.42 Å². The Morgan fingerprint density at radius 3 is 2.45 bits per heavy atom. The molecule has 29 heavy (non-hydrogen) atoms. The molecule has 0 bridgehead atoms. The van der Waals surface area contributed by atoms with Gasteiger partial charge in [-0.3, -0.25) is 15.1 Å². The SMILES string of the molecule is COc1ccc(CCNc2ncnc(Nc3ccncc3)c2[N+](=O)[O-])cc1OC. The van der Waals surface area contributed by atoms with E-state index in [9.17, 15) is 10.1 Å². The predicted molar refractivity (Wildman–Crippen MR) is 108 cm³/mol. The van der Waals surface area contributed by atoms with Gasteiger partial charge >= 0.3 is 5.69 Å². The maximum absolute atomic E-state index is 11.6. The van der Waals surface area contributed by atoms with Crippen molar-refractivity contribution in [3.63, 3.8) is 0 Å². The summed E-state index contributed by atoms with van der Waals surface area (Å²) in [6, 6.07) is 8.98. The molecule has 0 saturated carbocycles. The van der Waals surface area contributed by atoms with Gasteiger partial charge < -0.3 is 20.1 Å². The molecule has 0 radical (unpaired) electrons. The molecule has 0 aliphatic heterocycles. The summed E-state index contributed by atoms with van der Waals surface area (Å²) in [6.07, 6.45) is 5.04. The molecule has 0 amide bonds. The van der Waals surface area contributed by atoms with Crippen LogP contribution in [0.15, 0.2) is 49.1 Å². The summed E-state index contributed by atoms with van der Waals surface area (Å²) in [5.74, 6) is 1.51. The summed E-state index contributed by atoms with van der Waals surface area (Å²) in [6.45, 7) is 0.433. The third-order valence-electron chi connectivity index (χ3n) is 4.10. The van der Waals surface area contributed by atoms with Crippen molar-refractivity contribution in [3.05, 3.63) is 64.7 Å². The summed E-state index contributed by atoms with van der Waals surface area (Å²) >= 11 is 0. The summed E-state index contributed by atoms with van der Waals surface area (Å²) in [5.41, 5.74) is 1.40. The largest absolute Gasteiger partial charge is 0.493 e. The lowest BCUT2D eigenvalue weighted by Crippen LogP contribution is -2.11. The Hall–Kier alpha value is -3.95. The van der Waals surface area contributed by atoms with Gasteiger partial charge in [-0.05, 0) is 36.2 Å². The van der Waals surface area contributed by atoms with E-state index in [1.807, 2.05) is 18.2 Å². The number of nitrogens with zero attached hydrogens (tertiary/aromatic N) is 4. The molecule has 150 valence electrons. The van der Waals surface area contributed by atoms with Crippen molar-refractivity contribution >= 4 is 23.0 Å². The molecule has 10 heteroatoms. The van der Waals surface area contributed by atoms with E-state index in [-0.39, 0.29) is 17.3 Å². The van der Waals surface area contributed by atoms with Gasteiger partial charge in [-0.1, -0.05) is 6.07 Å². The molecule has 0 unspecified atom stereocenters. The lowest BCUT2D eigenvalue weighted by atomic mass is 10.1. The Bertz CT molecular complexity index is 984. The Labute approximate surface area is 167 Å².